The van der Waals surface area contributed by atoms with Gasteiger partial charge in [0.05, 0.1) is 5.69 Å². The first-order chi connectivity index (χ1) is 9.63. The molecular weight excluding hydrogens is 292 g/mol. The number of nitrogens with zero attached hydrogens (tertiary/aromatic N) is 3. The molecule has 0 saturated carbocycles. The van der Waals surface area contributed by atoms with Crippen LogP contribution in [0.4, 0.5) is 5.69 Å². The third-order valence-electron chi connectivity index (χ3n) is 2.83. The molecule has 2 aromatic heterocycles. The molecule has 2 N–H and O–H groups in total. The Bertz CT molecular complexity index is 825. The van der Waals surface area contributed by atoms with Crippen molar-refractivity contribution in [2.45, 2.75) is 17.6 Å². The predicted molar refractivity (Wildman–Crippen MR) is 82.3 cm³/mol. The maximum absolute atomic E-state index is 11.8. The van der Waals surface area contributed by atoms with Crippen molar-refractivity contribution in [3.05, 3.63) is 51.4 Å². The summed E-state index contributed by atoms with van der Waals surface area (Å²) in [4.78, 5) is 18.0. The molecule has 0 aliphatic carbocycles. The zero-order valence-corrected chi connectivity index (χ0v) is 12.4. The Morgan fingerprint density at radius 3 is 3.10 bits per heavy atom. The number of nitrogen functional groups attached to an aromatic ring is 1. The minimum atomic E-state index is -0.142. The molecule has 1 aromatic carbocycles. The number of thioether (sulfide) groups is 1. The van der Waals surface area contributed by atoms with Crippen molar-refractivity contribution in [2.75, 3.05) is 5.73 Å². The van der Waals surface area contributed by atoms with E-state index < -0.39 is 0 Å². The van der Waals surface area contributed by atoms with Gasteiger partial charge in [-0.15, -0.1) is 11.8 Å². The first kappa shape index (κ1) is 13.1. The molecule has 0 unspecified atom stereocenters. The van der Waals surface area contributed by atoms with Gasteiger partial charge in [0.15, 0.2) is 0 Å². The highest BCUT2D eigenvalue weighted by molar-refractivity contribution is 7.98. The van der Waals surface area contributed by atoms with Crippen LogP contribution in [0, 0.1) is 6.92 Å². The standard InChI is InChI=1S/C13H12N4OS2/c1-8-2-3-9(14)4-11(8)19-6-10-5-12(18)17-13(16-10)20-7-15-17/h2-5,7H,6,14H2,1H3. The lowest BCUT2D eigenvalue weighted by atomic mass is 10.2. The molecule has 7 heteroatoms. The number of fused-ring (bicyclic) bond motifs is 1. The van der Waals surface area contributed by atoms with E-state index in [2.05, 4.69) is 10.1 Å². The van der Waals surface area contributed by atoms with Crippen LogP contribution in [0.25, 0.3) is 4.96 Å². The highest BCUT2D eigenvalue weighted by Gasteiger charge is 2.06. The molecule has 0 aliphatic rings. The summed E-state index contributed by atoms with van der Waals surface area (Å²) >= 11 is 2.98. The van der Waals surface area contributed by atoms with E-state index in [0.29, 0.717) is 10.7 Å². The number of rotatable bonds is 3. The van der Waals surface area contributed by atoms with Gasteiger partial charge < -0.3 is 5.73 Å². The highest BCUT2D eigenvalue weighted by Crippen LogP contribution is 2.27. The van der Waals surface area contributed by atoms with Gasteiger partial charge in [0.2, 0.25) is 4.96 Å². The van der Waals surface area contributed by atoms with Crippen LogP contribution >= 0.6 is 23.1 Å². The summed E-state index contributed by atoms with van der Waals surface area (Å²) in [5, 5.41) is 3.94. The van der Waals surface area contributed by atoms with E-state index in [1.54, 1.807) is 17.3 Å². The molecule has 3 aromatic rings. The van der Waals surface area contributed by atoms with Gasteiger partial charge in [-0.05, 0) is 24.6 Å². The van der Waals surface area contributed by atoms with E-state index in [4.69, 9.17) is 5.73 Å². The van der Waals surface area contributed by atoms with Crippen LogP contribution in [0.2, 0.25) is 0 Å². The van der Waals surface area contributed by atoms with E-state index in [-0.39, 0.29) is 5.56 Å². The molecule has 0 amide bonds. The summed E-state index contributed by atoms with van der Waals surface area (Å²) in [5.41, 5.74) is 9.93. The van der Waals surface area contributed by atoms with Crippen LogP contribution in [-0.2, 0) is 5.75 Å². The quantitative estimate of drug-likeness (QED) is 0.594. The van der Waals surface area contributed by atoms with E-state index in [9.17, 15) is 4.79 Å². The first-order valence-corrected chi connectivity index (χ1v) is 7.81. The van der Waals surface area contributed by atoms with Gasteiger partial charge in [0.1, 0.15) is 5.51 Å². The lowest BCUT2D eigenvalue weighted by molar-refractivity contribution is 0.888. The largest absolute Gasteiger partial charge is 0.399 e. The first-order valence-electron chi connectivity index (χ1n) is 5.95. The SMILES string of the molecule is Cc1ccc(N)cc1SCc1cc(=O)n2ncsc2n1. The smallest absolute Gasteiger partial charge is 0.275 e. The minimum Gasteiger partial charge on any atom is -0.399 e. The second-order valence-electron chi connectivity index (χ2n) is 4.33. The summed E-state index contributed by atoms with van der Waals surface area (Å²) in [6.07, 6.45) is 0. The van der Waals surface area contributed by atoms with Crippen LogP contribution in [0.3, 0.4) is 0 Å². The third kappa shape index (κ3) is 2.54. The fourth-order valence-corrected chi connectivity index (χ4v) is 3.41. The maximum atomic E-state index is 11.8. The third-order valence-corrected chi connectivity index (χ3v) is 4.69. The summed E-state index contributed by atoms with van der Waals surface area (Å²) < 4.78 is 1.31. The molecule has 0 spiro atoms. The average molecular weight is 304 g/mol. The van der Waals surface area contributed by atoms with Gasteiger partial charge in [-0.25, -0.2) is 4.98 Å². The number of anilines is 1. The van der Waals surface area contributed by atoms with Crippen molar-refractivity contribution in [1.82, 2.24) is 14.6 Å². The normalized spacial score (nSPS) is 11.1. The fourth-order valence-electron chi connectivity index (χ4n) is 1.80. The van der Waals surface area contributed by atoms with E-state index >= 15 is 0 Å². The number of hydrogen-bond acceptors (Lipinski definition) is 6. The van der Waals surface area contributed by atoms with Crippen LogP contribution in [0.15, 0.2) is 39.5 Å². The van der Waals surface area contributed by atoms with E-state index in [1.807, 2.05) is 25.1 Å². The fraction of sp³-hybridized carbons (Fsp3) is 0.154. The topological polar surface area (TPSA) is 73.3 Å². The molecule has 0 bridgehead atoms. The maximum Gasteiger partial charge on any atom is 0.275 e. The summed E-state index contributed by atoms with van der Waals surface area (Å²) in [7, 11) is 0. The molecule has 102 valence electrons. The van der Waals surface area contributed by atoms with Gasteiger partial charge in [-0.3, -0.25) is 4.79 Å². The number of benzene rings is 1. The lowest BCUT2D eigenvalue weighted by Crippen LogP contribution is -2.14. The van der Waals surface area contributed by atoms with Crippen LogP contribution in [0.1, 0.15) is 11.3 Å². The van der Waals surface area contributed by atoms with Crippen LogP contribution in [-0.4, -0.2) is 14.6 Å². The lowest BCUT2D eigenvalue weighted by Gasteiger charge is -2.06. The van der Waals surface area contributed by atoms with Crippen molar-refractivity contribution in [3.63, 3.8) is 0 Å². The number of nitrogens with two attached hydrogens (primary N) is 1. The second-order valence-corrected chi connectivity index (χ2v) is 6.16. The van der Waals surface area contributed by atoms with Crippen LogP contribution < -0.4 is 11.3 Å². The Hall–Kier alpha value is -1.86. The Balaban J connectivity index is 1.86. The van der Waals surface area contributed by atoms with E-state index in [0.717, 1.165) is 16.3 Å². The molecule has 2 heterocycles. The van der Waals surface area contributed by atoms with Crippen molar-refractivity contribution >= 4 is 33.7 Å². The monoisotopic (exact) mass is 304 g/mol. The Morgan fingerprint density at radius 1 is 1.40 bits per heavy atom. The van der Waals surface area contributed by atoms with Gasteiger partial charge in [-0.1, -0.05) is 17.4 Å². The van der Waals surface area contributed by atoms with Gasteiger partial charge in [-0.2, -0.15) is 9.61 Å². The number of aryl methyl sites for hydroxylation is 1. The second kappa shape index (κ2) is 5.26. The minimum absolute atomic E-state index is 0.142. The van der Waals surface area contributed by atoms with Gasteiger partial charge in [0, 0.05) is 22.4 Å². The van der Waals surface area contributed by atoms with Gasteiger partial charge in [0.25, 0.3) is 5.56 Å². The molecule has 0 radical (unpaired) electrons. The zero-order chi connectivity index (χ0) is 14.1. The zero-order valence-electron chi connectivity index (χ0n) is 10.7. The van der Waals surface area contributed by atoms with Crippen molar-refractivity contribution in [3.8, 4) is 0 Å². The number of hydrogen-bond donors (Lipinski definition) is 1. The van der Waals surface area contributed by atoms with Crippen molar-refractivity contribution in [1.29, 1.82) is 0 Å². The molecule has 0 atom stereocenters. The molecule has 0 fully saturated rings. The summed E-state index contributed by atoms with van der Waals surface area (Å²) in [5.74, 6) is 0.633. The van der Waals surface area contributed by atoms with Gasteiger partial charge >= 0.3 is 0 Å². The Morgan fingerprint density at radius 2 is 2.25 bits per heavy atom. The molecule has 3 rings (SSSR count). The Kier molecular flexibility index (Phi) is 3.45. The van der Waals surface area contributed by atoms with Crippen molar-refractivity contribution < 1.29 is 0 Å². The van der Waals surface area contributed by atoms with E-state index in [1.165, 1.54) is 27.5 Å². The predicted octanol–water partition coefficient (Wildman–Crippen LogP) is 2.33. The molecular formula is C13H12N4OS2. The molecule has 20 heavy (non-hydrogen) atoms. The summed E-state index contributed by atoms with van der Waals surface area (Å²) in [6.45, 7) is 2.04. The molecule has 0 saturated heterocycles. The molecule has 0 aliphatic heterocycles. The number of aromatic nitrogens is 3. The summed E-state index contributed by atoms with van der Waals surface area (Å²) in [6, 6.07) is 7.35. The highest BCUT2D eigenvalue weighted by atomic mass is 32.2. The van der Waals surface area contributed by atoms with Crippen LogP contribution in [0.5, 0.6) is 0 Å². The average Bonchev–Trinajstić information content (AvgIpc) is 2.89. The Labute approximate surface area is 123 Å². The van der Waals surface area contributed by atoms with Crippen molar-refractivity contribution in [2.24, 2.45) is 0 Å². The molecule has 5 nitrogen and oxygen atoms in total.